The highest BCUT2D eigenvalue weighted by Crippen LogP contribution is 2.42. The molecule has 7 heteroatoms. The lowest BCUT2D eigenvalue weighted by atomic mass is 10.1. The van der Waals surface area contributed by atoms with Crippen molar-refractivity contribution in [3.8, 4) is 0 Å². The molecule has 0 N–H and O–H groups in total. The number of thioether (sulfide) groups is 1. The molecular formula is C22H24N2O3S2. The summed E-state index contributed by atoms with van der Waals surface area (Å²) in [4.78, 5) is 19.1. The van der Waals surface area contributed by atoms with Gasteiger partial charge in [0.1, 0.15) is 0 Å². The highest BCUT2D eigenvalue weighted by molar-refractivity contribution is 8.16. The predicted molar refractivity (Wildman–Crippen MR) is 120 cm³/mol. The van der Waals surface area contributed by atoms with Gasteiger partial charge in [-0.25, -0.2) is 8.42 Å². The van der Waals surface area contributed by atoms with Gasteiger partial charge in [0.15, 0.2) is 15.0 Å². The summed E-state index contributed by atoms with van der Waals surface area (Å²) in [5, 5.41) is 0.520. The van der Waals surface area contributed by atoms with Crippen molar-refractivity contribution in [2.45, 2.75) is 38.5 Å². The van der Waals surface area contributed by atoms with Crippen molar-refractivity contribution in [3.63, 3.8) is 0 Å². The summed E-state index contributed by atoms with van der Waals surface area (Å²) >= 11 is 1.42. The number of hydrogen-bond acceptors (Lipinski definition) is 4. The zero-order valence-corrected chi connectivity index (χ0v) is 18.4. The molecule has 0 unspecified atom stereocenters. The molecule has 2 atom stereocenters. The van der Waals surface area contributed by atoms with E-state index in [9.17, 15) is 13.2 Å². The molecule has 2 fully saturated rings. The fourth-order valence-corrected chi connectivity index (χ4v) is 7.78. The van der Waals surface area contributed by atoms with E-state index in [-0.39, 0.29) is 35.1 Å². The van der Waals surface area contributed by atoms with Crippen LogP contribution in [0.3, 0.4) is 0 Å². The lowest BCUT2D eigenvalue weighted by Crippen LogP contribution is -2.38. The van der Waals surface area contributed by atoms with Crippen LogP contribution in [-0.4, -0.2) is 42.3 Å². The first-order valence-corrected chi connectivity index (χ1v) is 12.3. The van der Waals surface area contributed by atoms with Crippen molar-refractivity contribution in [2.24, 2.45) is 4.99 Å². The van der Waals surface area contributed by atoms with Crippen LogP contribution in [0.1, 0.15) is 22.3 Å². The maximum absolute atomic E-state index is 12.7. The molecule has 0 spiro atoms. The maximum atomic E-state index is 12.7. The molecular weight excluding hydrogens is 404 g/mol. The third-order valence-corrected chi connectivity index (χ3v) is 8.60. The molecule has 0 radical (unpaired) electrons. The van der Waals surface area contributed by atoms with Crippen molar-refractivity contribution in [1.82, 2.24) is 0 Å². The second-order valence-corrected chi connectivity index (χ2v) is 11.3. The number of rotatable bonds is 3. The van der Waals surface area contributed by atoms with Gasteiger partial charge >= 0.3 is 0 Å². The number of benzene rings is 2. The minimum Gasteiger partial charge on any atom is -0.315 e. The van der Waals surface area contributed by atoms with Crippen molar-refractivity contribution in [2.75, 3.05) is 16.4 Å². The van der Waals surface area contributed by atoms with Gasteiger partial charge in [0, 0.05) is 10.9 Å². The Morgan fingerprint density at radius 3 is 2.48 bits per heavy atom. The number of nitrogens with zero attached hydrogens (tertiary/aromatic N) is 2. The Kier molecular flexibility index (Phi) is 5.29. The zero-order chi connectivity index (χ0) is 20.8. The minimum atomic E-state index is -3.08. The largest absolute Gasteiger partial charge is 0.315 e. The Bertz CT molecular complexity index is 1090. The normalized spacial score (nSPS) is 24.1. The smallest absolute Gasteiger partial charge is 0.252 e. The molecule has 4 rings (SSSR count). The van der Waals surface area contributed by atoms with Gasteiger partial charge < -0.3 is 4.90 Å². The quantitative estimate of drug-likeness (QED) is 0.749. The lowest BCUT2D eigenvalue weighted by molar-refractivity contribution is -0.117. The van der Waals surface area contributed by atoms with Gasteiger partial charge in [-0.2, -0.15) is 4.99 Å². The molecule has 0 aliphatic carbocycles. The van der Waals surface area contributed by atoms with E-state index in [4.69, 9.17) is 0 Å². The monoisotopic (exact) mass is 428 g/mol. The van der Waals surface area contributed by atoms with Crippen LogP contribution in [0.15, 0.2) is 47.5 Å². The van der Waals surface area contributed by atoms with Crippen LogP contribution >= 0.6 is 11.8 Å². The fourth-order valence-electron chi connectivity index (χ4n) is 3.85. The molecule has 2 aromatic rings. The van der Waals surface area contributed by atoms with Gasteiger partial charge in [0.25, 0.3) is 5.91 Å². The second-order valence-electron chi connectivity index (χ2n) is 7.91. The van der Waals surface area contributed by atoms with E-state index in [1.54, 1.807) is 0 Å². The zero-order valence-electron chi connectivity index (χ0n) is 16.8. The molecule has 2 saturated heterocycles. The third kappa shape index (κ3) is 4.26. The van der Waals surface area contributed by atoms with E-state index in [0.29, 0.717) is 5.17 Å². The molecule has 2 heterocycles. The van der Waals surface area contributed by atoms with Crippen LogP contribution in [0.5, 0.6) is 0 Å². The average Bonchev–Trinajstić information content (AvgIpc) is 3.10. The van der Waals surface area contributed by atoms with E-state index in [1.807, 2.05) is 68.1 Å². The topological polar surface area (TPSA) is 66.8 Å². The van der Waals surface area contributed by atoms with Gasteiger partial charge in [-0.15, -0.1) is 0 Å². The summed E-state index contributed by atoms with van der Waals surface area (Å²) in [6.45, 7) is 6.02. The standard InChI is InChI=1S/C22H24N2O3S2/c1-14-5-8-17(9-6-14)11-21(25)23-22-24(18-10-15(2)4-7-16(18)3)19-12-29(26,27)13-20(19)28-22/h4-10,19-20H,11-13H2,1-3H3/t19-,20+/m1/s1. The highest BCUT2D eigenvalue weighted by Gasteiger charge is 2.49. The first-order valence-electron chi connectivity index (χ1n) is 9.62. The Morgan fingerprint density at radius 2 is 1.76 bits per heavy atom. The van der Waals surface area contributed by atoms with Crippen LogP contribution in [0, 0.1) is 20.8 Å². The van der Waals surface area contributed by atoms with Gasteiger partial charge in [-0.1, -0.05) is 53.7 Å². The third-order valence-electron chi connectivity index (χ3n) is 5.39. The molecule has 0 saturated carbocycles. The summed E-state index contributed by atoms with van der Waals surface area (Å²) in [5.41, 5.74) is 5.14. The predicted octanol–water partition coefficient (Wildman–Crippen LogP) is 3.46. The van der Waals surface area contributed by atoms with Crippen LogP contribution in [0.25, 0.3) is 0 Å². The molecule has 0 aromatic heterocycles. The van der Waals surface area contributed by atoms with E-state index in [1.165, 1.54) is 11.8 Å². The molecule has 2 aromatic carbocycles. The number of aliphatic imine (C=N–C) groups is 1. The Labute approximate surface area is 176 Å². The fraction of sp³-hybridized carbons (Fsp3) is 0.364. The number of amides is 1. The van der Waals surface area contributed by atoms with Crippen molar-refractivity contribution >= 4 is 38.4 Å². The number of fused-ring (bicyclic) bond motifs is 1. The number of carbonyl (C=O) groups is 1. The van der Waals surface area contributed by atoms with Gasteiger partial charge in [-0.05, 0) is 43.5 Å². The van der Waals surface area contributed by atoms with Crippen LogP contribution < -0.4 is 4.90 Å². The minimum absolute atomic E-state index is 0.0918. The van der Waals surface area contributed by atoms with E-state index < -0.39 is 9.84 Å². The number of amidine groups is 1. The molecule has 1 amide bonds. The number of carbonyl (C=O) groups excluding carboxylic acids is 1. The number of sulfone groups is 1. The van der Waals surface area contributed by atoms with Crippen LogP contribution in [0.4, 0.5) is 5.69 Å². The van der Waals surface area contributed by atoms with E-state index >= 15 is 0 Å². The van der Waals surface area contributed by atoms with Crippen LogP contribution in [-0.2, 0) is 21.1 Å². The number of hydrogen-bond donors (Lipinski definition) is 0. The summed E-state index contributed by atoms with van der Waals surface area (Å²) in [6.07, 6.45) is 0.235. The van der Waals surface area contributed by atoms with E-state index in [2.05, 4.69) is 4.99 Å². The van der Waals surface area contributed by atoms with Crippen molar-refractivity contribution < 1.29 is 13.2 Å². The first kappa shape index (κ1) is 20.2. The summed E-state index contributed by atoms with van der Waals surface area (Å²) in [5.74, 6) is 0.0208. The van der Waals surface area contributed by atoms with Gasteiger partial charge in [-0.3, -0.25) is 4.79 Å². The number of anilines is 1. The van der Waals surface area contributed by atoms with Crippen LogP contribution in [0.2, 0.25) is 0 Å². The Hall–Kier alpha value is -2.12. The molecule has 0 bridgehead atoms. The SMILES string of the molecule is Cc1ccc(CC(=O)N=C2S[C@H]3CS(=O)(=O)C[C@H]3N2c2cc(C)ccc2C)cc1. The number of aryl methyl sites for hydroxylation is 3. The highest BCUT2D eigenvalue weighted by atomic mass is 32.2. The second kappa shape index (κ2) is 7.61. The van der Waals surface area contributed by atoms with Crippen molar-refractivity contribution in [1.29, 1.82) is 0 Å². The van der Waals surface area contributed by atoms with Crippen molar-refractivity contribution in [3.05, 3.63) is 64.7 Å². The summed E-state index contributed by atoms with van der Waals surface area (Å²) in [7, 11) is -3.08. The van der Waals surface area contributed by atoms with Gasteiger partial charge in [0.05, 0.1) is 24.0 Å². The van der Waals surface area contributed by atoms with E-state index in [0.717, 1.165) is 27.9 Å². The first-order chi connectivity index (χ1) is 13.7. The Morgan fingerprint density at radius 1 is 1.07 bits per heavy atom. The molecule has 2 aliphatic rings. The maximum Gasteiger partial charge on any atom is 0.252 e. The molecule has 152 valence electrons. The summed E-state index contributed by atoms with van der Waals surface area (Å²) < 4.78 is 24.4. The average molecular weight is 429 g/mol. The molecule has 5 nitrogen and oxygen atoms in total. The lowest BCUT2D eigenvalue weighted by Gasteiger charge is -2.26. The molecule has 29 heavy (non-hydrogen) atoms. The Balaban J connectivity index is 1.67. The summed E-state index contributed by atoms with van der Waals surface area (Å²) in [6, 6.07) is 13.8. The molecule has 2 aliphatic heterocycles. The van der Waals surface area contributed by atoms with Gasteiger partial charge in [0.2, 0.25) is 0 Å².